The summed E-state index contributed by atoms with van der Waals surface area (Å²) in [7, 11) is -2.22. The second kappa shape index (κ2) is 6.49. The number of benzene rings is 1. The van der Waals surface area contributed by atoms with E-state index in [4.69, 9.17) is 5.11 Å². The largest absolute Gasteiger partial charge is 0.481 e. The van der Waals surface area contributed by atoms with Crippen molar-refractivity contribution >= 4 is 21.8 Å². The molecule has 0 saturated carbocycles. The lowest BCUT2D eigenvalue weighted by Gasteiger charge is -2.10. The fourth-order valence-corrected chi connectivity index (χ4v) is 2.15. The van der Waals surface area contributed by atoms with Crippen LogP contribution in [0.1, 0.15) is 5.56 Å². The number of sulfone groups is 1. The van der Waals surface area contributed by atoms with Crippen LogP contribution in [0.15, 0.2) is 29.2 Å². The molecular weight excluding hydrogens is 288 g/mol. The van der Waals surface area contributed by atoms with Crippen molar-refractivity contribution in [2.45, 2.75) is 11.3 Å². The van der Waals surface area contributed by atoms with Crippen LogP contribution in [0.4, 0.5) is 0 Å². The quantitative estimate of drug-likeness (QED) is 0.461. The molecule has 110 valence electrons. The first-order valence-corrected chi connectivity index (χ1v) is 7.41. The Bertz CT molecular complexity index is 589. The average molecular weight is 302 g/mol. The van der Waals surface area contributed by atoms with Gasteiger partial charge in [0.1, 0.15) is 0 Å². The molecule has 0 spiro atoms. The molecule has 7 nitrogen and oxygen atoms in total. The van der Waals surface area contributed by atoms with Crippen LogP contribution in [0.3, 0.4) is 0 Å². The fourth-order valence-electron chi connectivity index (χ4n) is 1.52. The van der Waals surface area contributed by atoms with Crippen LogP contribution in [-0.4, -0.2) is 38.8 Å². The second-order valence-electron chi connectivity index (χ2n) is 4.08. The van der Waals surface area contributed by atoms with E-state index < -0.39 is 27.7 Å². The monoisotopic (exact) mass is 302 g/mol. The molecule has 0 fully saturated rings. The summed E-state index contributed by atoms with van der Waals surface area (Å²) in [6.07, 6.45) is 0.944. The van der Waals surface area contributed by atoms with Crippen LogP contribution in [-0.2, 0) is 35.6 Å². The van der Waals surface area contributed by atoms with E-state index in [1.165, 1.54) is 24.3 Å². The van der Waals surface area contributed by atoms with Gasteiger partial charge in [0, 0.05) is 6.26 Å². The minimum Gasteiger partial charge on any atom is -0.481 e. The van der Waals surface area contributed by atoms with Crippen LogP contribution in [0, 0.1) is 5.92 Å². The predicted molar refractivity (Wildman–Crippen MR) is 67.5 cm³/mol. The van der Waals surface area contributed by atoms with Gasteiger partial charge in [-0.05, 0) is 24.1 Å². The zero-order valence-electron chi connectivity index (χ0n) is 10.9. The Labute approximate surface area is 116 Å². The Morgan fingerprint density at radius 2 is 1.80 bits per heavy atom. The summed E-state index contributed by atoms with van der Waals surface area (Å²) in [5, 5.41) is 8.96. The van der Waals surface area contributed by atoms with Crippen molar-refractivity contribution in [1.29, 1.82) is 0 Å². The topological polar surface area (TPSA) is 107 Å². The molecule has 0 aliphatic heterocycles. The zero-order chi connectivity index (χ0) is 15.3. The molecule has 1 aromatic rings. The molecule has 1 N–H and O–H groups in total. The summed E-state index contributed by atoms with van der Waals surface area (Å²) in [5.41, 5.74) is 0.498. The van der Waals surface area contributed by atoms with Crippen molar-refractivity contribution in [2.75, 3.05) is 13.4 Å². The molecule has 1 unspecified atom stereocenters. The number of hydrogen-bond donors (Lipinski definition) is 1. The first kappa shape index (κ1) is 16.1. The van der Waals surface area contributed by atoms with Gasteiger partial charge in [0.15, 0.2) is 15.8 Å². The van der Waals surface area contributed by atoms with E-state index in [1.54, 1.807) is 0 Å². The zero-order valence-corrected chi connectivity index (χ0v) is 11.7. The van der Waals surface area contributed by atoms with Gasteiger partial charge in [0.25, 0.3) is 0 Å². The second-order valence-corrected chi connectivity index (χ2v) is 6.10. The van der Waals surface area contributed by atoms with Crippen molar-refractivity contribution in [3.8, 4) is 0 Å². The molecule has 0 saturated heterocycles. The summed E-state index contributed by atoms with van der Waals surface area (Å²) < 4.78 is 22.6. The minimum atomic E-state index is -3.32. The number of carboxylic acids is 1. The average Bonchev–Trinajstić information content (AvgIpc) is 2.35. The molecule has 0 amide bonds. The van der Waals surface area contributed by atoms with E-state index in [-0.39, 0.29) is 11.3 Å². The van der Waals surface area contributed by atoms with Crippen molar-refractivity contribution in [2.24, 2.45) is 5.92 Å². The lowest BCUT2D eigenvalue weighted by molar-refractivity contribution is -0.259. The van der Waals surface area contributed by atoms with Gasteiger partial charge in [-0.1, -0.05) is 12.1 Å². The van der Waals surface area contributed by atoms with Crippen LogP contribution < -0.4 is 0 Å². The Morgan fingerprint density at radius 1 is 1.25 bits per heavy atom. The molecule has 0 aliphatic carbocycles. The standard InChI is InChI=1S/C12H14O7S/c1-18-19-12(15)10(11(13)14)7-8-3-5-9(6-4-8)20(2,16)17/h3-6,10H,7H2,1-2H3,(H,13,14). The van der Waals surface area contributed by atoms with E-state index >= 15 is 0 Å². The minimum absolute atomic E-state index is 0.118. The predicted octanol–water partition coefficient (Wildman–Crippen LogP) is 0.438. The lowest BCUT2D eigenvalue weighted by Crippen LogP contribution is -2.27. The lowest BCUT2D eigenvalue weighted by atomic mass is 10.00. The van der Waals surface area contributed by atoms with E-state index in [0.29, 0.717) is 5.56 Å². The molecule has 20 heavy (non-hydrogen) atoms. The Balaban J connectivity index is 2.90. The molecule has 0 aromatic heterocycles. The summed E-state index contributed by atoms with van der Waals surface area (Å²) in [6, 6.07) is 5.61. The first-order chi connectivity index (χ1) is 9.25. The van der Waals surface area contributed by atoms with Gasteiger partial charge in [0.2, 0.25) is 0 Å². The smallest absolute Gasteiger partial charge is 0.356 e. The Kier molecular flexibility index (Phi) is 5.23. The van der Waals surface area contributed by atoms with E-state index in [2.05, 4.69) is 9.78 Å². The highest BCUT2D eigenvalue weighted by Crippen LogP contribution is 2.15. The normalized spacial score (nSPS) is 12.7. The highest BCUT2D eigenvalue weighted by molar-refractivity contribution is 7.90. The first-order valence-electron chi connectivity index (χ1n) is 5.52. The molecule has 0 aliphatic rings. The summed E-state index contributed by atoms with van der Waals surface area (Å²) in [6.45, 7) is 0. The van der Waals surface area contributed by atoms with Crippen molar-refractivity contribution < 1.29 is 32.9 Å². The SMILES string of the molecule is COOC(=O)C(Cc1ccc(S(C)(=O)=O)cc1)C(=O)O. The molecule has 0 bridgehead atoms. The number of carbonyl (C=O) groups is 2. The number of carbonyl (C=O) groups excluding carboxylic acids is 1. The maximum absolute atomic E-state index is 11.4. The van der Waals surface area contributed by atoms with Crippen molar-refractivity contribution in [1.82, 2.24) is 0 Å². The third-order valence-corrected chi connectivity index (χ3v) is 3.67. The maximum atomic E-state index is 11.4. The highest BCUT2D eigenvalue weighted by atomic mass is 32.2. The van der Waals surface area contributed by atoms with Crippen LogP contribution in [0.25, 0.3) is 0 Å². The number of hydrogen-bond acceptors (Lipinski definition) is 6. The third-order valence-electron chi connectivity index (χ3n) is 2.54. The van der Waals surface area contributed by atoms with Gasteiger partial charge in [-0.25, -0.2) is 13.2 Å². The van der Waals surface area contributed by atoms with E-state index in [0.717, 1.165) is 13.4 Å². The number of carboxylic acid groups (broad SMARTS) is 1. The fraction of sp³-hybridized carbons (Fsp3) is 0.333. The summed E-state index contributed by atoms with van der Waals surface area (Å²) >= 11 is 0. The van der Waals surface area contributed by atoms with Crippen LogP contribution >= 0.6 is 0 Å². The number of rotatable bonds is 6. The maximum Gasteiger partial charge on any atom is 0.356 e. The summed E-state index contributed by atoms with van der Waals surface area (Å²) in [4.78, 5) is 30.8. The molecule has 0 heterocycles. The molecule has 0 radical (unpaired) electrons. The van der Waals surface area contributed by atoms with Crippen LogP contribution in [0.2, 0.25) is 0 Å². The van der Waals surface area contributed by atoms with Crippen molar-refractivity contribution in [3.05, 3.63) is 29.8 Å². The van der Waals surface area contributed by atoms with Crippen molar-refractivity contribution in [3.63, 3.8) is 0 Å². The summed E-state index contributed by atoms with van der Waals surface area (Å²) in [5.74, 6) is -3.79. The van der Waals surface area contributed by atoms with Gasteiger partial charge in [-0.15, -0.1) is 0 Å². The molecule has 1 rings (SSSR count). The molecule has 1 atom stereocenters. The van der Waals surface area contributed by atoms with Crippen LogP contribution in [0.5, 0.6) is 0 Å². The van der Waals surface area contributed by atoms with Gasteiger partial charge >= 0.3 is 11.9 Å². The van der Waals surface area contributed by atoms with E-state index in [1.807, 2.05) is 0 Å². The molecule has 8 heteroatoms. The number of aliphatic carboxylic acids is 1. The van der Waals surface area contributed by atoms with Gasteiger partial charge in [-0.3, -0.25) is 9.68 Å². The molecule has 1 aromatic carbocycles. The van der Waals surface area contributed by atoms with Gasteiger partial charge < -0.3 is 5.11 Å². The Morgan fingerprint density at radius 3 is 2.20 bits per heavy atom. The molecular formula is C12H14O7S. The van der Waals surface area contributed by atoms with E-state index in [9.17, 15) is 18.0 Å². The third kappa shape index (κ3) is 4.32. The van der Waals surface area contributed by atoms with Gasteiger partial charge in [0.05, 0.1) is 12.0 Å². The van der Waals surface area contributed by atoms with Gasteiger partial charge in [-0.2, -0.15) is 4.89 Å². The highest BCUT2D eigenvalue weighted by Gasteiger charge is 2.29. The Hall–Kier alpha value is -1.93.